The molecule has 3 atom stereocenters. The lowest BCUT2D eigenvalue weighted by Crippen LogP contribution is -2.32. The maximum absolute atomic E-state index is 7.00. The third kappa shape index (κ3) is 5.69. The minimum atomic E-state index is 0.0521. The van der Waals surface area contributed by atoms with Crippen molar-refractivity contribution >= 4 is 0 Å². The molecular formula is C23H37NO. The zero-order chi connectivity index (χ0) is 18.3. The number of unbranched alkanes of at least 4 members (excludes halogenated alkanes) is 1. The van der Waals surface area contributed by atoms with Gasteiger partial charge in [0, 0.05) is 12.6 Å². The summed E-state index contributed by atoms with van der Waals surface area (Å²) in [5.41, 5.74) is 11.1. The van der Waals surface area contributed by atoms with E-state index in [4.69, 9.17) is 10.8 Å². The standard InChI is InChI=1S/C22H33N.CH4O/c1-3-4-5-6-7-17-8-9-19-15-20(11-10-18(19)14-17)21-12-13-22(2,23)16-21;1-2/h5-6,10-11,15,17,21H,3-4,7-9,12-14,16,23H2,1-2H3;2H,1H3/b6-5-;/t17-,21+,22-;/m1./s1. The van der Waals surface area contributed by atoms with Crippen LogP contribution in [0.5, 0.6) is 0 Å². The van der Waals surface area contributed by atoms with Crippen molar-refractivity contribution in [1.29, 1.82) is 0 Å². The molecule has 1 aromatic carbocycles. The van der Waals surface area contributed by atoms with E-state index < -0.39 is 0 Å². The van der Waals surface area contributed by atoms with Crippen molar-refractivity contribution in [1.82, 2.24) is 0 Å². The Morgan fingerprint density at radius 2 is 2.00 bits per heavy atom. The average molecular weight is 344 g/mol. The summed E-state index contributed by atoms with van der Waals surface area (Å²) in [5, 5.41) is 7.00. The van der Waals surface area contributed by atoms with E-state index in [0.29, 0.717) is 5.92 Å². The molecule has 25 heavy (non-hydrogen) atoms. The molecule has 1 fully saturated rings. The molecule has 1 saturated carbocycles. The lowest BCUT2D eigenvalue weighted by molar-refractivity contribution is 0.399. The third-order valence-corrected chi connectivity index (χ3v) is 5.90. The number of rotatable bonds is 5. The Labute approximate surface area is 154 Å². The summed E-state index contributed by atoms with van der Waals surface area (Å²) < 4.78 is 0. The van der Waals surface area contributed by atoms with E-state index in [9.17, 15) is 0 Å². The first kappa shape index (κ1) is 20.2. The van der Waals surface area contributed by atoms with Crippen LogP contribution in [-0.2, 0) is 12.8 Å². The van der Waals surface area contributed by atoms with Crippen LogP contribution in [0.4, 0.5) is 0 Å². The highest BCUT2D eigenvalue weighted by Gasteiger charge is 2.32. The molecule has 2 nitrogen and oxygen atoms in total. The molecular weight excluding hydrogens is 306 g/mol. The van der Waals surface area contributed by atoms with E-state index in [-0.39, 0.29) is 5.54 Å². The molecule has 0 unspecified atom stereocenters. The summed E-state index contributed by atoms with van der Waals surface area (Å²) in [7, 11) is 1.00. The molecule has 2 aliphatic carbocycles. The number of allylic oxidation sites excluding steroid dienone is 2. The molecule has 1 aromatic rings. The Kier molecular flexibility index (Phi) is 7.71. The maximum atomic E-state index is 7.00. The van der Waals surface area contributed by atoms with Gasteiger partial charge in [-0.25, -0.2) is 0 Å². The summed E-state index contributed by atoms with van der Waals surface area (Å²) in [6, 6.07) is 7.31. The topological polar surface area (TPSA) is 46.2 Å². The van der Waals surface area contributed by atoms with Gasteiger partial charge in [-0.3, -0.25) is 0 Å². The zero-order valence-electron chi connectivity index (χ0n) is 16.4. The van der Waals surface area contributed by atoms with Crippen LogP contribution in [-0.4, -0.2) is 17.8 Å². The van der Waals surface area contributed by atoms with Crippen LogP contribution < -0.4 is 5.73 Å². The van der Waals surface area contributed by atoms with E-state index >= 15 is 0 Å². The monoisotopic (exact) mass is 343 g/mol. The van der Waals surface area contributed by atoms with E-state index in [1.165, 1.54) is 51.4 Å². The first-order valence-corrected chi connectivity index (χ1v) is 10.1. The largest absolute Gasteiger partial charge is 0.400 e. The fourth-order valence-electron chi connectivity index (χ4n) is 4.43. The summed E-state index contributed by atoms with van der Waals surface area (Å²) in [4.78, 5) is 0. The molecule has 2 heteroatoms. The molecule has 0 heterocycles. The number of fused-ring (bicyclic) bond motifs is 1. The van der Waals surface area contributed by atoms with Crippen molar-refractivity contribution in [2.24, 2.45) is 11.7 Å². The van der Waals surface area contributed by atoms with Gasteiger partial charge in [-0.15, -0.1) is 0 Å². The molecule has 0 radical (unpaired) electrons. The quantitative estimate of drug-likeness (QED) is 0.728. The molecule has 0 aromatic heterocycles. The second-order valence-corrected chi connectivity index (χ2v) is 8.23. The van der Waals surface area contributed by atoms with E-state index in [1.54, 1.807) is 16.7 Å². The first-order chi connectivity index (χ1) is 12.1. The minimum absolute atomic E-state index is 0.0521. The van der Waals surface area contributed by atoms with Crippen molar-refractivity contribution in [2.45, 2.75) is 83.1 Å². The van der Waals surface area contributed by atoms with E-state index in [1.807, 2.05) is 0 Å². The van der Waals surface area contributed by atoms with Gasteiger partial charge in [0.05, 0.1) is 0 Å². The minimum Gasteiger partial charge on any atom is -0.400 e. The molecule has 0 aliphatic heterocycles. The lowest BCUT2D eigenvalue weighted by Gasteiger charge is -2.25. The van der Waals surface area contributed by atoms with Crippen LogP contribution >= 0.6 is 0 Å². The van der Waals surface area contributed by atoms with E-state index in [0.717, 1.165) is 19.4 Å². The molecule has 0 amide bonds. The van der Waals surface area contributed by atoms with Crippen molar-refractivity contribution in [2.75, 3.05) is 7.11 Å². The smallest absolute Gasteiger partial charge is 0.0319 e. The number of aliphatic hydroxyl groups excluding tert-OH is 1. The summed E-state index contributed by atoms with van der Waals surface area (Å²) in [6.07, 6.45) is 16.0. The first-order valence-electron chi connectivity index (χ1n) is 10.1. The van der Waals surface area contributed by atoms with Gasteiger partial charge in [0.1, 0.15) is 0 Å². The van der Waals surface area contributed by atoms with Crippen LogP contribution in [0.2, 0.25) is 0 Å². The fraction of sp³-hybridized carbons (Fsp3) is 0.652. The lowest BCUT2D eigenvalue weighted by atomic mass is 9.80. The van der Waals surface area contributed by atoms with Gasteiger partial charge in [-0.2, -0.15) is 0 Å². The highest BCUT2D eigenvalue weighted by Crippen LogP contribution is 2.40. The average Bonchev–Trinajstić information content (AvgIpc) is 3.00. The Morgan fingerprint density at radius 3 is 2.68 bits per heavy atom. The maximum Gasteiger partial charge on any atom is 0.0319 e. The molecule has 3 N–H and O–H groups in total. The molecule has 2 aliphatic rings. The van der Waals surface area contributed by atoms with Crippen molar-refractivity contribution < 1.29 is 5.11 Å². The van der Waals surface area contributed by atoms with Gasteiger partial charge < -0.3 is 10.8 Å². The second-order valence-electron chi connectivity index (χ2n) is 8.23. The summed E-state index contributed by atoms with van der Waals surface area (Å²) in [6.45, 7) is 4.46. The zero-order valence-corrected chi connectivity index (χ0v) is 16.4. The third-order valence-electron chi connectivity index (χ3n) is 5.90. The van der Waals surface area contributed by atoms with Crippen LogP contribution in [0.15, 0.2) is 30.4 Å². The van der Waals surface area contributed by atoms with Crippen molar-refractivity contribution in [3.63, 3.8) is 0 Å². The predicted molar refractivity (Wildman–Crippen MR) is 108 cm³/mol. The molecule has 3 rings (SSSR count). The number of aryl methyl sites for hydroxylation is 1. The SMILES string of the molecule is CCC/C=C\C[C@@H]1CCc2cc([C@H]3CC[C@@](C)(N)C3)ccc2C1.CO. The van der Waals surface area contributed by atoms with Gasteiger partial charge in [-0.1, -0.05) is 43.7 Å². The Bertz CT molecular complexity index is 561. The van der Waals surface area contributed by atoms with E-state index in [2.05, 4.69) is 44.2 Å². The summed E-state index contributed by atoms with van der Waals surface area (Å²) >= 11 is 0. The Hall–Kier alpha value is -1.12. The number of aliphatic hydroxyl groups is 1. The predicted octanol–water partition coefficient (Wildman–Crippen LogP) is 5.13. The number of hydrogen-bond acceptors (Lipinski definition) is 2. The van der Waals surface area contributed by atoms with Gasteiger partial charge in [0.2, 0.25) is 0 Å². The van der Waals surface area contributed by atoms with Crippen LogP contribution in [0.25, 0.3) is 0 Å². The number of hydrogen-bond donors (Lipinski definition) is 2. The summed E-state index contributed by atoms with van der Waals surface area (Å²) in [5.74, 6) is 1.53. The Morgan fingerprint density at radius 1 is 1.20 bits per heavy atom. The fourth-order valence-corrected chi connectivity index (χ4v) is 4.43. The van der Waals surface area contributed by atoms with Gasteiger partial charge in [0.15, 0.2) is 0 Å². The number of nitrogens with two attached hydrogens (primary N) is 1. The number of benzene rings is 1. The normalized spacial score (nSPS) is 28.5. The van der Waals surface area contributed by atoms with Gasteiger partial charge in [-0.05, 0) is 86.8 Å². The van der Waals surface area contributed by atoms with Gasteiger partial charge >= 0.3 is 0 Å². The van der Waals surface area contributed by atoms with Crippen LogP contribution in [0, 0.1) is 5.92 Å². The Balaban J connectivity index is 0.00000109. The van der Waals surface area contributed by atoms with Crippen molar-refractivity contribution in [3.05, 3.63) is 47.0 Å². The molecule has 0 bridgehead atoms. The molecule has 140 valence electrons. The van der Waals surface area contributed by atoms with Crippen LogP contribution in [0.3, 0.4) is 0 Å². The molecule has 0 spiro atoms. The van der Waals surface area contributed by atoms with Crippen LogP contribution in [0.1, 0.15) is 81.4 Å². The second kappa shape index (κ2) is 9.54. The highest BCUT2D eigenvalue weighted by atomic mass is 16.2. The van der Waals surface area contributed by atoms with Crippen molar-refractivity contribution in [3.8, 4) is 0 Å². The van der Waals surface area contributed by atoms with Gasteiger partial charge in [0.25, 0.3) is 0 Å². The molecule has 0 saturated heterocycles. The highest BCUT2D eigenvalue weighted by molar-refractivity contribution is 5.36.